The summed E-state index contributed by atoms with van der Waals surface area (Å²) in [6.45, 7) is 3.32. The zero-order valence-corrected chi connectivity index (χ0v) is 18.4. The van der Waals surface area contributed by atoms with Crippen molar-refractivity contribution >= 4 is 35.4 Å². The van der Waals surface area contributed by atoms with E-state index in [0.717, 1.165) is 17.8 Å². The van der Waals surface area contributed by atoms with Gasteiger partial charge in [0.15, 0.2) is 0 Å². The summed E-state index contributed by atoms with van der Waals surface area (Å²) in [6, 6.07) is 5.64. The van der Waals surface area contributed by atoms with E-state index in [1.165, 1.54) is 30.7 Å². The van der Waals surface area contributed by atoms with Gasteiger partial charge in [-0.25, -0.2) is 14.4 Å². The Hall–Kier alpha value is -3.60. The Morgan fingerprint density at radius 3 is 2.59 bits per heavy atom. The van der Waals surface area contributed by atoms with Crippen LogP contribution in [0.25, 0.3) is 0 Å². The molecule has 0 radical (unpaired) electrons. The minimum Gasteiger partial charge on any atom is -0.478 e. The van der Waals surface area contributed by atoms with E-state index >= 15 is 0 Å². The average Bonchev–Trinajstić information content (AvgIpc) is 2.75. The van der Waals surface area contributed by atoms with Gasteiger partial charge in [0, 0.05) is 35.4 Å². The summed E-state index contributed by atoms with van der Waals surface area (Å²) in [6.07, 6.45) is 0.957. The molecule has 2 rings (SSSR count). The Morgan fingerprint density at radius 2 is 2.00 bits per heavy atom. The second-order valence-corrected chi connectivity index (χ2v) is 7.40. The molecule has 0 aromatic heterocycles. The van der Waals surface area contributed by atoms with Crippen LogP contribution in [0, 0.1) is 10.1 Å². The second kappa shape index (κ2) is 11.1. The number of nitrogens with one attached hydrogen (secondary N) is 1. The number of thioether (sulfide) groups is 1. The first-order chi connectivity index (χ1) is 15.2. The number of non-ortho nitro benzene ring substituents is 1. The van der Waals surface area contributed by atoms with Crippen molar-refractivity contribution in [2.75, 3.05) is 19.5 Å². The van der Waals surface area contributed by atoms with Crippen LogP contribution in [-0.4, -0.2) is 47.4 Å². The van der Waals surface area contributed by atoms with Gasteiger partial charge in [0.05, 0.1) is 35.7 Å². The van der Waals surface area contributed by atoms with Crippen LogP contribution in [0.4, 0.5) is 5.69 Å². The first kappa shape index (κ1) is 24.7. The van der Waals surface area contributed by atoms with Gasteiger partial charge in [0.2, 0.25) is 0 Å². The number of hydrogen-bond donors (Lipinski definition) is 2. The summed E-state index contributed by atoms with van der Waals surface area (Å²) >= 11 is 1.11. The Balaban J connectivity index is 2.69. The summed E-state index contributed by atoms with van der Waals surface area (Å²) in [5, 5.41) is 24.5. The summed E-state index contributed by atoms with van der Waals surface area (Å²) in [5.74, 6) is -3.35. The second-order valence-electron chi connectivity index (χ2n) is 6.51. The monoisotopic (exact) mass is 462 g/mol. The number of methoxy groups -OCH3 is 1. The molecule has 0 amide bonds. The van der Waals surface area contributed by atoms with Gasteiger partial charge in [0.25, 0.3) is 5.69 Å². The number of nitro groups is 1. The molecular weight excluding hydrogens is 440 g/mol. The number of dihydropyridines is 1. The number of nitro benzene ring substituents is 1. The van der Waals surface area contributed by atoms with Crippen molar-refractivity contribution in [3.8, 4) is 0 Å². The third-order valence-electron chi connectivity index (χ3n) is 4.49. The molecule has 2 N–H and O–H groups in total. The van der Waals surface area contributed by atoms with Gasteiger partial charge in [-0.3, -0.25) is 10.1 Å². The van der Waals surface area contributed by atoms with Gasteiger partial charge in [-0.2, -0.15) is 0 Å². The van der Waals surface area contributed by atoms with E-state index < -0.39 is 28.7 Å². The third kappa shape index (κ3) is 5.76. The number of carbonyl (C=O) groups is 3. The van der Waals surface area contributed by atoms with Crippen LogP contribution in [0.3, 0.4) is 0 Å². The molecule has 11 heteroatoms. The number of carboxylic acids is 1. The highest BCUT2D eigenvalue weighted by Crippen LogP contribution is 2.40. The number of hydrogen-bond acceptors (Lipinski definition) is 9. The van der Waals surface area contributed by atoms with Crippen molar-refractivity contribution in [1.82, 2.24) is 5.32 Å². The molecule has 170 valence electrons. The molecule has 0 saturated carbocycles. The molecule has 0 spiro atoms. The molecule has 1 heterocycles. The zero-order chi connectivity index (χ0) is 23.8. The van der Waals surface area contributed by atoms with Gasteiger partial charge in [-0.05, 0) is 24.8 Å². The highest BCUT2D eigenvalue weighted by molar-refractivity contribution is 8.02. The number of rotatable bonds is 9. The van der Waals surface area contributed by atoms with E-state index in [4.69, 9.17) is 14.6 Å². The van der Waals surface area contributed by atoms with Crippen molar-refractivity contribution in [3.05, 3.63) is 74.0 Å². The average molecular weight is 462 g/mol. The fraction of sp³-hybridized carbons (Fsp3) is 0.286. The molecule has 32 heavy (non-hydrogen) atoms. The van der Waals surface area contributed by atoms with Crippen LogP contribution in [0.2, 0.25) is 0 Å². The lowest BCUT2D eigenvalue weighted by Crippen LogP contribution is -2.34. The van der Waals surface area contributed by atoms with Crippen LogP contribution in [0.1, 0.15) is 25.3 Å². The molecule has 1 atom stereocenters. The van der Waals surface area contributed by atoms with Gasteiger partial charge in [-0.15, -0.1) is 11.8 Å². The van der Waals surface area contributed by atoms with Gasteiger partial charge >= 0.3 is 17.9 Å². The summed E-state index contributed by atoms with van der Waals surface area (Å²) in [4.78, 5) is 47.1. The molecule has 10 nitrogen and oxygen atoms in total. The van der Waals surface area contributed by atoms with E-state index in [9.17, 15) is 24.5 Å². The minimum absolute atomic E-state index is 0.0690. The summed E-state index contributed by atoms with van der Waals surface area (Å²) in [5.41, 5.74) is 1.14. The molecule has 1 unspecified atom stereocenters. The van der Waals surface area contributed by atoms with E-state index in [2.05, 4.69) is 5.32 Å². The molecule has 0 bridgehead atoms. The normalized spacial score (nSPS) is 16.0. The van der Waals surface area contributed by atoms with Crippen molar-refractivity contribution in [2.45, 2.75) is 19.8 Å². The quantitative estimate of drug-likeness (QED) is 0.243. The van der Waals surface area contributed by atoms with Crippen molar-refractivity contribution in [2.24, 2.45) is 0 Å². The minimum atomic E-state index is -1.12. The number of carboxylic acid groups (broad SMARTS) is 1. The van der Waals surface area contributed by atoms with Crippen LogP contribution in [0.15, 0.2) is 58.3 Å². The zero-order valence-electron chi connectivity index (χ0n) is 17.6. The van der Waals surface area contributed by atoms with Gasteiger partial charge in [-0.1, -0.05) is 12.1 Å². The molecule has 1 aliphatic heterocycles. The van der Waals surface area contributed by atoms with Crippen LogP contribution < -0.4 is 5.32 Å². The maximum atomic E-state index is 13.0. The van der Waals surface area contributed by atoms with Crippen LogP contribution >= 0.6 is 11.8 Å². The van der Waals surface area contributed by atoms with Crippen LogP contribution in [-0.2, 0) is 23.9 Å². The molecule has 0 saturated heterocycles. The summed E-state index contributed by atoms with van der Waals surface area (Å²) in [7, 11) is 1.20. The Bertz CT molecular complexity index is 1030. The fourth-order valence-electron chi connectivity index (χ4n) is 3.23. The molecule has 1 aromatic rings. The molecular formula is C21H22N2O8S. The predicted octanol–water partition coefficient (Wildman–Crippen LogP) is 2.88. The number of ether oxygens (including phenoxy) is 2. The van der Waals surface area contributed by atoms with E-state index in [1.54, 1.807) is 19.9 Å². The lowest BCUT2D eigenvalue weighted by atomic mass is 9.80. The first-order valence-electron chi connectivity index (χ1n) is 9.42. The molecule has 1 aromatic carbocycles. The lowest BCUT2D eigenvalue weighted by molar-refractivity contribution is -0.384. The maximum absolute atomic E-state index is 13.0. The number of esters is 2. The SMILES string of the molecule is CCOC(=O)C1=C(CSC=CC(=O)O)NC(C)=C(C(=O)OC)C1c1cccc([N+](=O)[O-])c1. The smallest absolute Gasteiger partial charge is 0.336 e. The largest absolute Gasteiger partial charge is 0.478 e. The number of nitrogens with zero attached hydrogens (tertiary/aromatic N) is 1. The number of aliphatic carboxylic acids is 1. The Kier molecular flexibility index (Phi) is 8.59. The Morgan fingerprint density at radius 1 is 1.28 bits per heavy atom. The van der Waals surface area contributed by atoms with Gasteiger partial charge in [0.1, 0.15) is 0 Å². The Labute approximate surface area is 188 Å². The number of carbonyl (C=O) groups excluding carboxylic acids is 2. The molecule has 1 aliphatic rings. The van der Waals surface area contributed by atoms with E-state index in [1.807, 2.05) is 0 Å². The number of allylic oxidation sites excluding steroid dienone is 1. The van der Waals surface area contributed by atoms with E-state index in [0.29, 0.717) is 17.0 Å². The molecule has 0 fully saturated rings. The predicted molar refractivity (Wildman–Crippen MR) is 117 cm³/mol. The third-order valence-corrected chi connectivity index (χ3v) is 5.28. The van der Waals surface area contributed by atoms with Gasteiger partial charge < -0.3 is 19.9 Å². The summed E-state index contributed by atoms with van der Waals surface area (Å²) < 4.78 is 10.1. The van der Waals surface area contributed by atoms with Crippen molar-refractivity contribution in [3.63, 3.8) is 0 Å². The van der Waals surface area contributed by atoms with Crippen molar-refractivity contribution < 1.29 is 33.9 Å². The van der Waals surface area contributed by atoms with Crippen molar-refractivity contribution in [1.29, 1.82) is 0 Å². The first-order valence-corrected chi connectivity index (χ1v) is 10.5. The lowest BCUT2D eigenvalue weighted by Gasteiger charge is -2.31. The van der Waals surface area contributed by atoms with Crippen LogP contribution in [0.5, 0.6) is 0 Å². The highest BCUT2D eigenvalue weighted by Gasteiger charge is 2.39. The van der Waals surface area contributed by atoms with E-state index in [-0.39, 0.29) is 29.2 Å². The standard InChI is InChI=1S/C21H22N2O8S/c1-4-31-21(27)19-15(11-32-9-8-16(24)25)22-12(2)17(20(26)30-3)18(19)13-6-5-7-14(10-13)23(28)29/h5-10,18,22H,4,11H2,1-3H3,(H,24,25). The fourth-order valence-corrected chi connectivity index (χ4v) is 3.93. The number of benzene rings is 1. The topological polar surface area (TPSA) is 145 Å². The molecule has 0 aliphatic carbocycles. The maximum Gasteiger partial charge on any atom is 0.336 e. The highest BCUT2D eigenvalue weighted by atomic mass is 32.2.